The van der Waals surface area contributed by atoms with Crippen molar-refractivity contribution in [1.82, 2.24) is 34.9 Å². The number of Topliss-reactive ketones (excluding diaryl/α,β-unsaturated/α-hetero) is 4. The molecule has 13 rings (SSSR count). The van der Waals surface area contributed by atoms with E-state index in [-0.39, 0.29) is 70.3 Å². The summed E-state index contributed by atoms with van der Waals surface area (Å²) in [6, 6.07) is 61.6. The second kappa shape index (κ2) is 33.8. The van der Waals surface area contributed by atoms with Crippen molar-refractivity contribution in [3.05, 3.63) is 228 Å². The van der Waals surface area contributed by atoms with E-state index in [1.54, 1.807) is 31.4 Å². The van der Waals surface area contributed by atoms with Crippen molar-refractivity contribution in [2.45, 2.75) is 97.9 Å². The number of carbonyl (C=O) groups excluding carboxylic acids is 5. The number of benzene rings is 9. The molecule has 106 heavy (non-hydrogen) atoms. The van der Waals surface area contributed by atoms with Gasteiger partial charge in [0, 0.05) is 94.1 Å². The topological polar surface area (TPSA) is 293 Å². The Kier molecular flexibility index (Phi) is 25.4. The highest BCUT2D eigenvalue weighted by atomic mass is 16.5. The summed E-state index contributed by atoms with van der Waals surface area (Å²) in [6.45, 7) is 23.5. The van der Waals surface area contributed by atoms with Gasteiger partial charge in [-0.05, 0) is 169 Å². The van der Waals surface area contributed by atoms with Crippen molar-refractivity contribution < 1.29 is 48.4 Å². The Morgan fingerprint density at radius 1 is 0.396 bits per heavy atom. The predicted molar refractivity (Wildman–Crippen MR) is 427 cm³/mol. The largest absolute Gasteiger partial charge is 0.497 e. The Balaban J connectivity index is 0.000000178. The average Bonchev–Trinajstić information content (AvgIpc) is 1.67. The second-order valence-electron chi connectivity index (χ2n) is 29.3. The summed E-state index contributed by atoms with van der Waals surface area (Å²) in [5, 5.41) is 21.6. The second-order valence-corrected chi connectivity index (χ2v) is 29.3. The smallest absolute Gasteiger partial charge is 0.255 e. The Hall–Kier alpha value is -11.8. The van der Waals surface area contributed by atoms with E-state index in [1.165, 1.54) is 0 Å². The quantitative estimate of drug-likeness (QED) is 0.0311. The van der Waals surface area contributed by atoms with E-state index in [0.29, 0.717) is 62.3 Å². The lowest BCUT2D eigenvalue weighted by molar-refractivity contribution is 0.0852. The van der Waals surface area contributed by atoms with Gasteiger partial charge < -0.3 is 55.4 Å². The molecule has 0 aliphatic heterocycles. The number of H-pyrrole nitrogens is 4. The zero-order chi connectivity index (χ0) is 74.8. The number of rotatable bonds is 17. The first-order chi connectivity index (χ1) is 49.3. The fourth-order valence-corrected chi connectivity index (χ4v) is 11.1. The molecule has 0 saturated heterocycles. The maximum absolute atomic E-state index is 12.6. The van der Waals surface area contributed by atoms with Gasteiger partial charge in [-0.2, -0.15) is 0 Å². The van der Waals surface area contributed by atoms with Crippen LogP contribution in [-0.2, 0) is 0 Å². The van der Waals surface area contributed by atoms with Gasteiger partial charge in [0.2, 0.25) is 0 Å². The van der Waals surface area contributed by atoms with E-state index in [9.17, 15) is 24.0 Å². The molecule has 0 saturated carbocycles. The van der Waals surface area contributed by atoms with Crippen LogP contribution in [0.15, 0.2) is 200 Å². The molecule has 4 heterocycles. The number of ether oxygens (including phenoxy) is 3. The van der Waals surface area contributed by atoms with E-state index >= 15 is 0 Å². The molecular weight excluding hydrogens is 1330 g/mol. The number of anilines is 2. The van der Waals surface area contributed by atoms with Gasteiger partial charge in [0.05, 0.1) is 53.4 Å². The van der Waals surface area contributed by atoms with Gasteiger partial charge in [-0.3, -0.25) is 24.0 Å². The SMILES string of the molecule is C.C.CC(C)(C)C(=O)c1ccc2[nH]c(-c3ccc(NC(=O)c4ccc(N)cc4)cc3)cc2c1.CC(C)(C)C(=O)c1ccc2nc(-c3cccc(OCCO)c3)[nH]c2c1.CC(C)(C)C(=O)c1ccc2nc(-c3cccc(OCCO)c3)[nH]c2c1.COc1ccc(-c2nc3ccc(C(=O)C(C)(C)C)cc3[nH]2)cc1. The number of aromatic amines is 4. The monoisotopic (exact) mass is 1430 g/mol. The van der Waals surface area contributed by atoms with E-state index in [4.69, 9.17) is 30.2 Å². The third-order valence-corrected chi connectivity index (χ3v) is 16.8. The molecule has 0 aliphatic carbocycles. The van der Waals surface area contributed by atoms with Gasteiger partial charge in [-0.1, -0.05) is 134 Å². The van der Waals surface area contributed by atoms with Gasteiger partial charge in [-0.15, -0.1) is 0 Å². The zero-order valence-electron chi connectivity index (χ0n) is 61.0. The highest BCUT2D eigenvalue weighted by Gasteiger charge is 2.27. The first-order valence-corrected chi connectivity index (χ1v) is 34.3. The van der Waals surface area contributed by atoms with Crippen LogP contribution in [0.5, 0.6) is 17.2 Å². The van der Waals surface area contributed by atoms with Gasteiger partial charge in [0.15, 0.2) is 23.1 Å². The van der Waals surface area contributed by atoms with E-state index in [2.05, 4.69) is 40.2 Å². The standard InChI is InChI=1S/C26H25N3O2.2C20H22N2O3.C19H20N2O2.2CH4/c1-26(2,3)24(30)18-8-13-22-19(14-18)15-23(29-22)16-6-11-21(12-7-16)28-25(31)17-4-9-20(27)10-5-17;2*1-20(2,3)18(24)13-7-8-16-17(12-13)22-19(21-16)14-5-4-6-15(11-14)25-10-9-23;1-19(2,3)17(22)13-7-10-15-16(11-13)21-18(20-15)12-5-8-14(23-4)9-6-12;;/h4-15,29H,27H2,1-3H3,(H,28,31);2*4-8,11-12,23H,9-10H2,1-3H3,(H,21,22);5-11H,1-4H3,(H,20,21);2*1H4. The zero-order valence-corrected chi connectivity index (χ0v) is 61.0. The number of nitrogen functional groups attached to an aromatic ring is 1. The molecular formula is C87H97N9O10. The van der Waals surface area contributed by atoms with Gasteiger partial charge in [0.1, 0.15) is 47.9 Å². The van der Waals surface area contributed by atoms with Crippen LogP contribution < -0.4 is 25.3 Å². The van der Waals surface area contributed by atoms with Crippen molar-refractivity contribution in [2.24, 2.45) is 21.7 Å². The summed E-state index contributed by atoms with van der Waals surface area (Å²) in [4.78, 5) is 89.3. The number of nitrogens with two attached hydrogens (primary N) is 1. The van der Waals surface area contributed by atoms with Crippen LogP contribution in [-0.4, -0.2) is 108 Å². The number of methoxy groups -OCH3 is 1. The molecule has 9 aromatic carbocycles. The van der Waals surface area contributed by atoms with Crippen LogP contribution in [0.25, 0.3) is 89.4 Å². The maximum atomic E-state index is 12.6. The Labute approximate surface area is 619 Å². The minimum atomic E-state index is -0.422. The number of fused-ring (bicyclic) bond motifs is 4. The third-order valence-electron chi connectivity index (χ3n) is 16.8. The summed E-state index contributed by atoms with van der Waals surface area (Å²) in [7, 11) is 1.64. The number of aliphatic hydroxyl groups is 2. The molecule has 13 aromatic rings. The van der Waals surface area contributed by atoms with Gasteiger partial charge >= 0.3 is 0 Å². The van der Waals surface area contributed by atoms with Crippen molar-refractivity contribution in [3.8, 4) is 62.7 Å². The number of amides is 1. The highest BCUT2D eigenvalue weighted by molar-refractivity contribution is 6.06. The number of nitrogens with zero attached hydrogens (tertiary/aromatic N) is 3. The summed E-state index contributed by atoms with van der Waals surface area (Å²) in [6.07, 6.45) is 0. The molecule has 0 atom stereocenters. The van der Waals surface area contributed by atoms with Crippen molar-refractivity contribution in [2.75, 3.05) is 44.6 Å². The molecule has 0 spiro atoms. The number of imidazole rings is 3. The highest BCUT2D eigenvalue weighted by Crippen LogP contribution is 2.33. The first kappa shape index (κ1) is 79.9. The molecule has 19 heteroatoms. The van der Waals surface area contributed by atoms with Crippen LogP contribution >= 0.6 is 0 Å². The molecule has 0 unspecified atom stereocenters. The molecule has 0 radical (unpaired) electrons. The average molecular weight is 1430 g/mol. The lowest BCUT2D eigenvalue weighted by atomic mass is 9.86. The third kappa shape index (κ3) is 19.9. The van der Waals surface area contributed by atoms with Crippen LogP contribution in [0.1, 0.15) is 150 Å². The minimum Gasteiger partial charge on any atom is -0.497 e. The van der Waals surface area contributed by atoms with Crippen molar-refractivity contribution in [1.29, 1.82) is 0 Å². The van der Waals surface area contributed by atoms with Crippen LogP contribution in [0.2, 0.25) is 0 Å². The molecule has 9 N–H and O–H groups in total. The van der Waals surface area contributed by atoms with Crippen molar-refractivity contribution >= 4 is 84.4 Å². The summed E-state index contributed by atoms with van der Waals surface area (Å²) in [5.74, 6) is 4.63. The van der Waals surface area contributed by atoms with E-state index < -0.39 is 21.7 Å². The number of nitrogens with one attached hydrogen (secondary N) is 5. The number of hydrogen-bond acceptors (Lipinski definition) is 14. The normalized spacial score (nSPS) is 11.4. The lowest BCUT2D eigenvalue weighted by Crippen LogP contribution is -2.20. The molecule has 0 fully saturated rings. The fourth-order valence-electron chi connectivity index (χ4n) is 11.1. The van der Waals surface area contributed by atoms with Crippen LogP contribution in [0, 0.1) is 21.7 Å². The van der Waals surface area contributed by atoms with Crippen LogP contribution in [0.3, 0.4) is 0 Å². The van der Waals surface area contributed by atoms with E-state index in [0.717, 1.165) is 83.5 Å². The Morgan fingerprint density at radius 3 is 1.17 bits per heavy atom. The number of hydrogen-bond donors (Lipinski definition) is 8. The molecule has 19 nitrogen and oxygen atoms in total. The summed E-state index contributed by atoms with van der Waals surface area (Å²) in [5.41, 5.74) is 19.3. The molecule has 4 aromatic heterocycles. The van der Waals surface area contributed by atoms with Crippen molar-refractivity contribution in [3.63, 3.8) is 0 Å². The predicted octanol–water partition coefficient (Wildman–Crippen LogP) is 19.3. The first-order valence-electron chi connectivity index (χ1n) is 34.3. The Morgan fingerprint density at radius 2 is 0.774 bits per heavy atom. The summed E-state index contributed by atoms with van der Waals surface area (Å²) < 4.78 is 16.1. The summed E-state index contributed by atoms with van der Waals surface area (Å²) >= 11 is 0. The molecule has 0 bridgehead atoms. The fraction of sp³-hybridized carbons (Fsp3) is 0.264. The molecule has 0 aliphatic rings. The molecule has 550 valence electrons. The lowest BCUT2D eigenvalue weighted by Gasteiger charge is -2.16. The van der Waals surface area contributed by atoms with Gasteiger partial charge in [-0.25, -0.2) is 15.0 Å². The Bertz CT molecular complexity index is 5080. The number of aromatic nitrogens is 7. The number of ketones is 4. The maximum Gasteiger partial charge on any atom is 0.255 e. The number of aliphatic hydroxyl groups excluding tert-OH is 2. The number of carbonyl (C=O) groups is 5. The molecule has 1 amide bonds. The van der Waals surface area contributed by atoms with E-state index in [1.807, 2.05) is 259 Å². The van der Waals surface area contributed by atoms with Crippen LogP contribution in [0.4, 0.5) is 11.4 Å². The minimum absolute atomic E-state index is 0. The van der Waals surface area contributed by atoms with Gasteiger partial charge in [0.25, 0.3) is 5.91 Å².